The van der Waals surface area contributed by atoms with E-state index >= 15 is 0 Å². The van der Waals surface area contributed by atoms with Gasteiger partial charge in [-0.05, 0) is 25.1 Å². The standard InChI is InChI=1S/C9H20O2Si/c1-5-12(6-2,7-3)11-9(4)8-10/h8-9H,5-7H2,1-4H3/t9-/m0/s1. The molecule has 0 aliphatic heterocycles. The van der Waals surface area contributed by atoms with E-state index in [1.54, 1.807) is 0 Å². The van der Waals surface area contributed by atoms with Crippen molar-refractivity contribution in [1.29, 1.82) is 0 Å². The van der Waals surface area contributed by atoms with Gasteiger partial charge in [-0.2, -0.15) is 0 Å². The minimum absolute atomic E-state index is 0.212. The van der Waals surface area contributed by atoms with Crippen molar-refractivity contribution >= 4 is 14.6 Å². The summed E-state index contributed by atoms with van der Waals surface area (Å²) in [6.07, 6.45) is 0.680. The molecule has 1 atom stereocenters. The molecule has 0 rings (SSSR count). The highest BCUT2D eigenvalue weighted by Crippen LogP contribution is 2.22. The molecule has 0 fully saturated rings. The summed E-state index contributed by atoms with van der Waals surface area (Å²) in [5.41, 5.74) is 0. The molecule has 0 amide bonds. The van der Waals surface area contributed by atoms with Crippen LogP contribution >= 0.6 is 0 Å². The van der Waals surface area contributed by atoms with E-state index in [4.69, 9.17) is 4.43 Å². The molecule has 0 aliphatic rings. The van der Waals surface area contributed by atoms with Crippen LogP contribution in [0.1, 0.15) is 27.7 Å². The van der Waals surface area contributed by atoms with Crippen LogP contribution in [0.4, 0.5) is 0 Å². The Bertz CT molecular complexity index is 124. The number of carbonyl (C=O) groups excluding carboxylic acids is 1. The number of rotatable bonds is 6. The predicted molar refractivity (Wildman–Crippen MR) is 53.8 cm³/mol. The Hall–Kier alpha value is -0.153. The molecule has 0 heterocycles. The lowest BCUT2D eigenvalue weighted by Gasteiger charge is -2.29. The Morgan fingerprint density at radius 3 is 1.92 bits per heavy atom. The van der Waals surface area contributed by atoms with Gasteiger partial charge < -0.3 is 9.22 Å². The fourth-order valence-electron chi connectivity index (χ4n) is 1.42. The van der Waals surface area contributed by atoms with E-state index in [0.29, 0.717) is 0 Å². The third kappa shape index (κ3) is 3.07. The number of aldehydes is 1. The lowest BCUT2D eigenvalue weighted by atomic mass is 10.5. The Kier molecular flexibility index (Phi) is 5.42. The van der Waals surface area contributed by atoms with Crippen LogP contribution in [-0.2, 0) is 9.22 Å². The van der Waals surface area contributed by atoms with Crippen molar-refractivity contribution in [3.8, 4) is 0 Å². The van der Waals surface area contributed by atoms with Crippen LogP contribution in [0, 0.1) is 0 Å². The van der Waals surface area contributed by atoms with Gasteiger partial charge in [-0.1, -0.05) is 20.8 Å². The quantitative estimate of drug-likeness (QED) is 0.473. The van der Waals surface area contributed by atoms with Gasteiger partial charge in [0.15, 0.2) is 8.32 Å². The van der Waals surface area contributed by atoms with E-state index in [9.17, 15) is 4.79 Å². The van der Waals surface area contributed by atoms with Crippen molar-refractivity contribution in [2.45, 2.75) is 51.9 Å². The van der Waals surface area contributed by atoms with Crippen molar-refractivity contribution in [2.24, 2.45) is 0 Å². The third-order valence-electron chi connectivity index (χ3n) is 2.56. The first kappa shape index (κ1) is 11.8. The first-order valence-corrected chi connectivity index (χ1v) is 7.30. The van der Waals surface area contributed by atoms with Gasteiger partial charge in [0.1, 0.15) is 6.29 Å². The van der Waals surface area contributed by atoms with E-state index in [1.165, 1.54) is 0 Å². The molecule has 72 valence electrons. The first-order chi connectivity index (χ1) is 5.64. The number of hydrogen-bond acceptors (Lipinski definition) is 2. The van der Waals surface area contributed by atoms with E-state index in [0.717, 1.165) is 24.4 Å². The summed E-state index contributed by atoms with van der Waals surface area (Å²) < 4.78 is 5.81. The highest BCUT2D eigenvalue weighted by atomic mass is 28.4. The molecule has 0 bridgehead atoms. The van der Waals surface area contributed by atoms with Crippen molar-refractivity contribution in [3.05, 3.63) is 0 Å². The van der Waals surface area contributed by atoms with Gasteiger partial charge in [0, 0.05) is 0 Å². The second-order valence-electron chi connectivity index (χ2n) is 3.20. The van der Waals surface area contributed by atoms with Gasteiger partial charge in [-0.25, -0.2) is 0 Å². The highest BCUT2D eigenvalue weighted by molar-refractivity contribution is 6.73. The van der Waals surface area contributed by atoms with E-state index < -0.39 is 8.32 Å². The molecule has 12 heavy (non-hydrogen) atoms. The van der Waals surface area contributed by atoms with Crippen molar-refractivity contribution in [2.75, 3.05) is 0 Å². The first-order valence-electron chi connectivity index (χ1n) is 4.77. The zero-order valence-electron chi connectivity index (χ0n) is 8.59. The maximum Gasteiger partial charge on any atom is 0.193 e. The van der Waals surface area contributed by atoms with Gasteiger partial charge >= 0.3 is 0 Å². The fourth-order valence-corrected chi connectivity index (χ4v) is 4.27. The predicted octanol–water partition coefficient (Wildman–Crippen LogP) is 2.60. The Morgan fingerprint density at radius 1 is 1.25 bits per heavy atom. The van der Waals surface area contributed by atoms with Crippen LogP contribution in [0.2, 0.25) is 18.1 Å². The van der Waals surface area contributed by atoms with E-state index in [2.05, 4.69) is 20.8 Å². The zero-order valence-corrected chi connectivity index (χ0v) is 9.59. The van der Waals surface area contributed by atoms with Gasteiger partial charge in [-0.15, -0.1) is 0 Å². The normalized spacial score (nSPS) is 14.3. The summed E-state index contributed by atoms with van der Waals surface area (Å²) in [6, 6.07) is 3.33. The maximum absolute atomic E-state index is 10.4. The summed E-state index contributed by atoms with van der Waals surface area (Å²) in [6.45, 7) is 8.32. The molecule has 0 unspecified atom stereocenters. The molecule has 0 saturated heterocycles. The molecular formula is C9H20O2Si. The van der Waals surface area contributed by atoms with E-state index in [1.807, 2.05) is 6.92 Å². The minimum Gasteiger partial charge on any atom is -0.408 e. The molecule has 0 aromatic rings. The second-order valence-corrected chi connectivity index (χ2v) is 7.93. The minimum atomic E-state index is -1.53. The number of hydrogen-bond donors (Lipinski definition) is 0. The second kappa shape index (κ2) is 5.49. The zero-order chi connectivity index (χ0) is 9.61. The fraction of sp³-hybridized carbons (Fsp3) is 0.889. The van der Waals surface area contributed by atoms with Crippen molar-refractivity contribution < 1.29 is 9.22 Å². The molecule has 0 aromatic heterocycles. The molecule has 0 spiro atoms. The number of carbonyl (C=O) groups is 1. The van der Waals surface area contributed by atoms with Crippen LogP contribution in [0.25, 0.3) is 0 Å². The third-order valence-corrected chi connectivity index (χ3v) is 7.30. The molecule has 0 saturated carbocycles. The average molecular weight is 188 g/mol. The van der Waals surface area contributed by atoms with Crippen molar-refractivity contribution in [1.82, 2.24) is 0 Å². The molecular weight excluding hydrogens is 168 g/mol. The molecule has 0 radical (unpaired) electrons. The summed E-state index contributed by atoms with van der Waals surface area (Å²) in [4.78, 5) is 10.4. The van der Waals surface area contributed by atoms with Gasteiger partial charge in [0.2, 0.25) is 0 Å². The molecule has 2 nitrogen and oxygen atoms in total. The van der Waals surface area contributed by atoms with Crippen LogP contribution < -0.4 is 0 Å². The maximum atomic E-state index is 10.4. The van der Waals surface area contributed by atoms with E-state index in [-0.39, 0.29) is 6.10 Å². The van der Waals surface area contributed by atoms with Crippen LogP contribution in [0.15, 0.2) is 0 Å². The highest BCUT2D eigenvalue weighted by Gasteiger charge is 2.30. The Balaban J connectivity index is 4.18. The molecule has 0 N–H and O–H groups in total. The molecule has 0 aliphatic carbocycles. The molecule has 3 heteroatoms. The smallest absolute Gasteiger partial charge is 0.193 e. The Labute approximate surface area is 76.4 Å². The van der Waals surface area contributed by atoms with Gasteiger partial charge in [0.25, 0.3) is 0 Å². The largest absolute Gasteiger partial charge is 0.408 e. The Morgan fingerprint density at radius 2 is 1.67 bits per heavy atom. The summed E-state index contributed by atoms with van der Waals surface area (Å²) >= 11 is 0. The topological polar surface area (TPSA) is 26.3 Å². The lowest BCUT2D eigenvalue weighted by Crippen LogP contribution is -2.39. The lowest BCUT2D eigenvalue weighted by molar-refractivity contribution is -0.113. The average Bonchev–Trinajstić information content (AvgIpc) is 2.14. The SMILES string of the molecule is CC[Si](CC)(CC)O[C@@H](C)C=O. The summed E-state index contributed by atoms with van der Waals surface area (Å²) in [5.74, 6) is 0. The van der Waals surface area contributed by atoms with Gasteiger partial charge in [0.05, 0.1) is 6.10 Å². The van der Waals surface area contributed by atoms with Crippen LogP contribution in [0.5, 0.6) is 0 Å². The van der Waals surface area contributed by atoms with Crippen molar-refractivity contribution in [3.63, 3.8) is 0 Å². The van der Waals surface area contributed by atoms with Gasteiger partial charge in [-0.3, -0.25) is 0 Å². The van der Waals surface area contributed by atoms with Crippen LogP contribution in [0.3, 0.4) is 0 Å². The summed E-state index contributed by atoms with van der Waals surface area (Å²) in [7, 11) is -1.53. The monoisotopic (exact) mass is 188 g/mol. The van der Waals surface area contributed by atoms with Crippen LogP contribution in [-0.4, -0.2) is 20.7 Å². The summed E-state index contributed by atoms with van der Waals surface area (Å²) in [5, 5.41) is 0. The molecule has 0 aromatic carbocycles.